The first-order chi connectivity index (χ1) is 15.5. The molecule has 0 spiro atoms. The van der Waals surface area contributed by atoms with Crippen molar-refractivity contribution in [2.75, 3.05) is 33.6 Å². The van der Waals surface area contributed by atoms with Crippen LogP contribution in [-0.2, 0) is 6.54 Å². The quantitative estimate of drug-likeness (QED) is 0.442. The van der Waals surface area contributed by atoms with Crippen LogP contribution in [0.5, 0.6) is 11.5 Å². The van der Waals surface area contributed by atoms with Crippen LogP contribution in [0.2, 0.25) is 0 Å². The maximum atomic E-state index is 13.0. The van der Waals surface area contributed by atoms with Crippen molar-refractivity contribution in [1.29, 1.82) is 0 Å². The lowest BCUT2D eigenvalue weighted by atomic mass is 10.1. The van der Waals surface area contributed by atoms with Gasteiger partial charge in [-0.15, -0.1) is 0 Å². The van der Waals surface area contributed by atoms with E-state index >= 15 is 0 Å². The summed E-state index contributed by atoms with van der Waals surface area (Å²) >= 11 is 1.50. The molecule has 8 heteroatoms. The molecule has 4 rings (SSSR count). The highest BCUT2D eigenvalue weighted by molar-refractivity contribution is 7.21. The number of aromatic nitrogens is 2. The zero-order valence-corrected chi connectivity index (χ0v) is 19.2. The van der Waals surface area contributed by atoms with Gasteiger partial charge in [0.05, 0.1) is 19.9 Å². The highest BCUT2D eigenvalue weighted by atomic mass is 32.1. The lowest BCUT2D eigenvalue weighted by molar-refractivity contribution is 0.102. The van der Waals surface area contributed by atoms with Crippen LogP contribution >= 0.6 is 11.3 Å². The normalized spacial score (nSPS) is 11.0. The van der Waals surface area contributed by atoms with E-state index in [0.717, 1.165) is 33.0 Å². The van der Waals surface area contributed by atoms with E-state index in [2.05, 4.69) is 21.3 Å². The number of benzene rings is 2. The minimum Gasteiger partial charge on any atom is -0.497 e. The van der Waals surface area contributed by atoms with Gasteiger partial charge in [0.15, 0.2) is 0 Å². The molecule has 0 aliphatic carbocycles. The first kappa shape index (κ1) is 21.7. The molecule has 0 unspecified atom stereocenters. The number of fused-ring (bicyclic) bond motifs is 1. The first-order valence-corrected chi connectivity index (χ1v) is 10.8. The number of para-hydroxylation sites is 1. The van der Waals surface area contributed by atoms with Crippen molar-refractivity contribution in [2.24, 2.45) is 0 Å². The lowest BCUT2D eigenvalue weighted by Gasteiger charge is -2.11. The number of hydrogen-bond acceptors (Lipinski definition) is 7. The fourth-order valence-corrected chi connectivity index (χ4v) is 4.27. The highest BCUT2D eigenvalue weighted by Gasteiger charge is 2.16. The molecule has 0 aliphatic rings. The van der Waals surface area contributed by atoms with E-state index in [9.17, 15) is 4.79 Å². The molecule has 32 heavy (non-hydrogen) atoms. The molecule has 7 nitrogen and oxygen atoms in total. The van der Waals surface area contributed by atoms with Gasteiger partial charge in [-0.1, -0.05) is 23.5 Å². The van der Waals surface area contributed by atoms with E-state index in [4.69, 9.17) is 14.5 Å². The summed E-state index contributed by atoms with van der Waals surface area (Å²) in [5, 5.41) is 3.80. The molecule has 0 saturated heterocycles. The Bertz CT molecular complexity index is 1250. The van der Waals surface area contributed by atoms with Crippen molar-refractivity contribution < 1.29 is 14.3 Å². The summed E-state index contributed by atoms with van der Waals surface area (Å²) in [6, 6.07) is 14.8. The third-order valence-corrected chi connectivity index (χ3v) is 5.83. The van der Waals surface area contributed by atoms with Crippen molar-refractivity contribution in [2.45, 2.75) is 6.54 Å². The second-order valence-electron chi connectivity index (χ2n) is 7.53. The number of rotatable bonds is 7. The Morgan fingerprint density at radius 3 is 2.47 bits per heavy atom. The molecule has 164 valence electrons. The smallest absolute Gasteiger partial charge is 0.255 e. The summed E-state index contributed by atoms with van der Waals surface area (Å²) in [6.07, 6.45) is 1.88. The standard InChI is InChI=1S/C24H24N4O3S/c1-28(2)14-15-9-21-24(25-13-15)32-23(27-21)19-7-5-6-8-20(19)26-22(29)16-10-17(30-3)12-18(11-16)31-4/h5-13H,14H2,1-4H3,(H,26,29). The zero-order chi connectivity index (χ0) is 22.7. The Kier molecular flexibility index (Phi) is 6.34. The van der Waals surface area contributed by atoms with Crippen molar-refractivity contribution in [3.05, 3.63) is 65.9 Å². The summed E-state index contributed by atoms with van der Waals surface area (Å²) in [7, 11) is 7.15. The summed E-state index contributed by atoms with van der Waals surface area (Å²) < 4.78 is 10.6. The van der Waals surface area contributed by atoms with Gasteiger partial charge in [0, 0.05) is 29.9 Å². The van der Waals surface area contributed by atoms with Gasteiger partial charge in [-0.25, -0.2) is 9.97 Å². The number of methoxy groups -OCH3 is 2. The predicted octanol–water partition coefficient (Wildman–Crippen LogP) is 4.69. The van der Waals surface area contributed by atoms with Crippen molar-refractivity contribution in [1.82, 2.24) is 14.9 Å². The van der Waals surface area contributed by atoms with Crippen LogP contribution in [0.1, 0.15) is 15.9 Å². The van der Waals surface area contributed by atoms with Crippen LogP contribution in [-0.4, -0.2) is 49.1 Å². The summed E-state index contributed by atoms with van der Waals surface area (Å²) in [5.41, 5.74) is 3.91. The fraction of sp³-hybridized carbons (Fsp3) is 0.208. The number of carbonyl (C=O) groups is 1. The van der Waals surface area contributed by atoms with Gasteiger partial charge in [-0.05, 0) is 50.0 Å². The SMILES string of the molecule is COc1cc(OC)cc(C(=O)Nc2ccccc2-c2nc3cc(CN(C)C)cnc3s2)c1. The Morgan fingerprint density at radius 2 is 1.78 bits per heavy atom. The van der Waals surface area contributed by atoms with E-state index in [1.54, 1.807) is 32.4 Å². The molecule has 0 radical (unpaired) electrons. The predicted molar refractivity (Wildman–Crippen MR) is 128 cm³/mol. The molecule has 0 aliphatic heterocycles. The molecule has 1 N–H and O–H groups in total. The van der Waals surface area contributed by atoms with E-state index in [1.807, 2.05) is 44.6 Å². The monoisotopic (exact) mass is 448 g/mol. The summed E-state index contributed by atoms with van der Waals surface area (Å²) in [4.78, 5) is 25.3. The molecule has 0 fully saturated rings. The fourth-order valence-electron chi connectivity index (χ4n) is 3.34. The highest BCUT2D eigenvalue weighted by Crippen LogP contribution is 2.34. The Hall–Kier alpha value is -3.49. The number of ether oxygens (including phenoxy) is 2. The number of amides is 1. The van der Waals surface area contributed by atoms with Gasteiger partial charge >= 0.3 is 0 Å². The Labute approximate surface area is 190 Å². The van der Waals surface area contributed by atoms with Crippen molar-refractivity contribution in [3.63, 3.8) is 0 Å². The summed E-state index contributed by atoms with van der Waals surface area (Å²) in [5.74, 6) is 0.837. The molecule has 2 aromatic carbocycles. The van der Waals surface area contributed by atoms with E-state index in [-0.39, 0.29) is 5.91 Å². The molecule has 2 heterocycles. The number of nitrogens with one attached hydrogen (secondary N) is 1. The van der Waals surface area contributed by atoms with Crippen LogP contribution in [0.15, 0.2) is 54.7 Å². The number of anilines is 1. The number of hydrogen-bond donors (Lipinski definition) is 1. The van der Waals surface area contributed by atoms with Gasteiger partial charge in [-0.2, -0.15) is 0 Å². The number of thiazole rings is 1. The second kappa shape index (κ2) is 9.33. The van der Waals surface area contributed by atoms with E-state index in [0.29, 0.717) is 22.7 Å². The lowest BCUT2D eigenvalue weighted by Crippen LogP contribution is -2.13. The molecule has 4 aromatic rings. The molecule has 0 saturated carbocycles. The van der Waals surface area contributed by atoms with Crippen LogP contribution in [0.3, 0.4) is 0 Å². The third-order valence-electron chi connectivity index (χ3n) is 4.82. The molecule has 0 bridgehead atoms. The van der Waals surface area contributed by atoms with Gasteiger partial charge in [0.2, 0.25) is 0 Å². The van der Waals surface area contributed by atoms with Crippen molar-refractivity contribution in [3.8, 4) is 22.1 Å². The van der Waals surface area contributed by atoms with Crippen LogP contribution in [0.4, 0.5) is 5.69 Å². The van der Waals surface area contributed by atoms with E-state index in [1.165, 1.54) is 11.3 Å². The van der Waals surface area contributed by atoms with Gasteiger partial charge in [0.25, 0.3) is 5.91 Å². The van der Waals surface area contributed by atoms with E-state index < -0.39 is 0 Å². The molecular weight excluding hydrogens is 424 g/mol. The number of carbonyl (C=O) groups excluding carboxylic acids is 1. The van der Waals surface area contributed by atoms with Gasteiger partial charge in [-0.3, -0.25) is 4.79 Å². The number of pyridine rings is 1. The molecule has 1 amide bonds. The maximum Gasteiger partial charge on any atom is 0.255 e. The van der Waals surface area contributed by atoms with Gasteiger partial charge < -0.3 is 19.7 Å². The topological polar surface area (TPSA) is 76.6 Å². The second-order valence-corrected chi connectivity index (χ2v) is 8.50. The van der Waals surface area contributed by atoms with Crippen LogP contribution < -0.4 is 14.8 Å². The zero-order valence-electron chi connectivity index (χ0n) is 18.4. The van der Waals surface area contributed by atoms with Crippen molar-refractivity contribution >= 4 is 33.3 Å². The average Bonchev–Trinajstić information content (AvgIpc) is 3.21. The molecule has 2 aromatic heterocycles. The minimum atomic E-state index is -0.262. The summed E-state index contributed by atoms with van der Waals surface area (Å²) in [6.45, 7) is 0.798. The Balaban J connectivity index is 1.65. The number of nitrogens with zero attached hydrogens (tertiary/aromatic N) is 3. The molecule has 0 atom stereocenters. The maximum absolute atomic E-state index is 13.0. The van der Waals surface area contributed by atoms with Gasteiger partial charge in [0.1, 0.15) is 26.9 Å². The van der Waals surface area contributed by atoms with Crippen LogP contribution in [0.25, 0.3) is 20.9 Å². The minimum absolute atomic E-state index is 0.262. The largest absolute Gasteiger partial charge is 0.497 e. The van der Waals surface area contributed by atoms with Crippen LogP contribution in [0, 0.1) is 0 Å². The third kappa shape index (κ3) is 4.71. The molecular formula is C24H24N4O3S. The average molecular weight is 449 g/mol. The first-order valence-electron chi connectivity index (χ1n) is 10.0. The Morgan fingerprint density at radius 1 is 1.06 bits per heavy atom.